The van der Waals surface area contributed by atoms with Crippen LogP contribution in [0.5, 0.6) is 0 Å². The number of aromatic nitrogens is 1. The second-order valence-electron chi connectivity index (χ2n) is 3.46. The van der Waals surface area contributed by atoms with E-state index in [4.69, 9.17) is 15.8 Å². The highest BCUT2D eigenvalue weighted by atomic mass is 32.1. The Morgan fingerprint density at radius 3 is 2.79 bits per heavy atom. The molecule has 1 heterocycles. The summed E-state index contributed by atoms with van der Waals surface area (Å²) in [4.78, 5) is 26.6. The molecule has 0 saturated carbocycles. The summed E-state index contributed by atoms with van der Waals surface area (Å²) in [5, 5.41) is 19.9. The van der Waals surface area contributed by atoms with E-state index in [1.165, 1.54) is 13.2 Å². The van der Waals surface area contributed by atoms with Crippen LogP contribution < -0.4 is 15.3 Å². The van der Waals surface area contributed by atoms with Crippen LogP contribution >= 0.6 is 11.3 Å². The predicted octanol–water partition coefficient (Wildman–Crippen LogP) is 0.126. The monoisotopic (exact) mass is 279 g/mol. The summed E-state index contributed by atoms with van der Waals surface area (Å²) in [5.74, 6) is -0.768. The number of carbonyl (C=O) groups is 1. The normalized spacial score (nSPS) is 10.1. The molecule has 9 heteroatoms. The first-order valence-electron chi connectivity index (χ1n) is 4.91. The summed E-state index contributed by atoms with van der Waals surface area (Å²) in [7, 11) is 1.30. The molecule has 0 aliphatic carbocycles. The number of hydrogen-bond acceptors (Lipinski definition) is 6. The Morgan fingerprint density at radius 1 is 1.63 bits per heavy atom. The van der Waals surface area contributed by atoms with Crippen molar-refractivity contribution in [1.29, 1.82) is 5.26 Å². The lowest BCUT2D eigenvalue weighted by atomic mass is 10.2. The van der Waals surface area contributed by atoms with Crippen molar-refractivity contribution in [2.75, 3.05) is 7.11 Å². The highest BCUT2D eigenvalue weighted by molar-refractivity contribution is 7.20. The quantitative estimate of drug-likeness (QED) is 0.485. The zero-order chi connectivity index (χ0) is 14.2. The van der Waals surface area contributed by atoms with Crippen LogP contribution in [-0.2, 0) is 0 Å². The molecule has 0 aliphatic rings. The fourth-order valence-corrected chi connectivity index (χ4v) is 2.67. The van der Waals surface area contributed by atoms with Gasteiger partial charge in [0.05, 0.1) is 16.6 Å². The molecule has 0 aliphatic heterocycles. The highest BCUT2D eigenvalue weighted by Crippen LogP contribution is 2.31. The molecule has 1 aromatic heterocycles. The minimum Gasteiger partial charge on any atom is -0.359 e. The van der Waals surface area contributed by atoms with Crippen molar-refractivity contribution in [2.45, 2.75) is 0 Å². The molecule has 0 saturated heterocycles. The SMILES string of the molecule is CO[n+]1c(C(N)=O)sc2c([N+](=O)[O-])cc(C#N)cc21. The summed E-state index contributed by atoms with van der Waals surface area (Å²) in [5.41, 5.74) is 5.27. The number of nitrogens with zero attached hydrogens (tertiary/aromatic N) is 3. The van der Waals surface area contributed by atoms with Crippen LogP contribution in [-0.4, -0.2) is 17.9 Å². The fraction of sp³-hybridized carbons (Fsp3) is 0.100. The van der Waals surface area contributed by atoms with Crippen LogP contribution in [0.2, 0.25) is 0 Å². The first kappa shape index (κ1) is 12.7. The molecule has 0 spiro atoms. The van der Waals surface area contributed by atoms with Crippen molar-refractivity contribution in [3.63, 3.8) is 0 Å². The Labute approximate surface area is 110 Å². The Balaban J connectivity index is 2.94. The molecule has 1 amide bonds. The molecule has 2 N–H and O–H groups in total. The van der Waals surface area contributed by atoms with Gasteiger partial charge in [0.2, 0.25) is 0 Å². The third-order valence-electron chi connectivity index (χ3n) is 2.37. The van der Waals surface area contributed by atoms with Gasteiger partial charge < -0.3 is 5.73 Å². The van der Waals surface area contributed by atoms with Crippen LogP contribution in [0.25, 0.3) is 10.2 Å². The van der Waals surface area contributed by atoms with Gasteiger partial charge in [0, 0.05) is 16.9 Å². The van der Waals surface area contributed by atoms with E-state index >= 15 is 0 Å². The van der Waals surface area contributed by atoms with Crippen molar-refractivity contribution in [2.24, 2.45) is 5.73 Å². The Morgan fingerprint density at radius 2 is 2.32 bits per heavy atom. The van der Waals surface area contributed by atoms with Gasteiger partial charge in [0.1, 0.15) is 7.11 Å². The van der Waals surface area contributed by atoms with Crippen LogP contribution in [0.1, 0.15) is 15.4 Å². The van der Waals surface area contributed by atoms with Crippen LogP contribution in [0.15, 0.2) is 12.1 Å². The first-order valence-corrected chi connectivity index (χ1v) is 5.72. The zero-order valence-electron chi connectivity index (χ0n) is 9.61. The second kappa shape index (κ2) is 4.51. The molecule has 2 aromatic rings. The van der Waals surface area contributed by atoms with Crippen molar-refractivity contribution in [3.05, 3.63) is 32.8 Å². The number of benzene rings is 1. The zero-order valence-corrected chi connectivity index (χ0v) is 10.4. The van der Waals surface area contributed by atoms with E-state index in [0.717, 1.165) is 22.1 Å². The van der Waals surface area contributed by atoms with Gasteiger partial charge in [-0.2, -0.15) is 5.26 Å². The number of primary amides is 1. The lowest BCUT2D eigenvalue weighted by molar-refractivity contribution is -0.863. The van der Waals surface area contributed by atoms with Gasteiger partial charge in [-0.05, 0) is 11.3 Å². The molecule has 19 heavy (non-hydrogen) atoms. The maximum absolute atomic E-state index is 11.3. The van der Waals surface area contributed by atoms with Crippen molar-refractivity contribution >= 4 is 33.1 Å². The molecule has 0 fully saturated rings. The van der Waals surface area contributed by atoms with Gasteiger partial charge in [-0.3, -0.25) is 19.7 Å². The minimum absolute atomic E-state index is 0.00990. The van der Waals surface area contributed by atoms with E-state index in [1.54, 1.807) is 0 Å². The van der Waals surface area contributed by atoms with Crippen LogP contribution in [0.4, 0.5) is 5.69 Å². The standard InChI is InChI=1S/C10H6N4O4S/c1-18-13-6-2-5(4-11)3-7(14(16)17)8(6)19-10(13)9(12)15/h2-3H,1H3,(H-,12,15)/p+1. The number of amides is 1. The number of nitriles is 1. The Hall–Kier alpha value is -2.73. The summed E-state index contributed by atoms with van der Waals surface area (Å²) in [6.45, 7) is 0. The summed E-state index contributed by atoms with van der Waals surface area (Å²) >= 11 is 0.843. The number of nitro groups is 1. The number of thiazole rings is 1. The first-order chi connectivity index (χ1) is 8.99. The lowest BCUT2D eigenvalue weighted by Gasteiger charge is -1.93. The molecular formula is C10H7N4O4S+. The predicted molar refractivity (Wildman–Crippen MR) is 64.4 cm³/mol. The molecule has 0 bridgehead atoms. The number of non-ortho nitro benzene ring substituents is 1. The van der Waals surface area contributed by atoms with E-state index in [0.29, 0.717) is 0 Å². The molecular weight excluding hydrogens is 272 g/mol. The second-order valence-corrected chi connectivity index (χ2v) is 4.46. The van der Waals surface area contributed by atoms with E-state index in [9.17, 15) is 14.9 Å². The minimum atomic E-state index is -0.768. The molecule has 0 radical (unpaired) electrons. The fourth-order valence-electron chi connectivity index (χ4n) is 1.63. The van der Waals surface area contributed by atoms with E-state index in [2.05, 4.69) is 0 Å². The van der Waals surface area contributed by atoms with Crippen molar-refractivity contribution in [1.82, 2.24) is 0 Å². The maximum atomic E-state index is 11.3. The largest absolute Gasteiger partial charge is 0.378 e. The number of hydrogen-bond donors (Lipinski definition) is 1. The van der Waals surface area contributed by atoms with Crippen LogP contribution in [0, 0.1) is 21.4 Å². The van der Waals surface area contributed by atoms with E-state index in [-0.39, 0.29) is 26.5 Å². The number of nitro benzene ring substituents is 1. The van der Waals surface area contributed by atoms with Gasteiger partial charge in [-0.15, -0.1) is 0 Å². The number of rotatable bonds is 3. The third-order valence-corrected chi connectivity index (χ3v) is 3.55. The van der Waals surface area contributed by atoms with Gasteiger partial charge >= 0.3 is 10.9 Å². The third kappa shape index (κ3) is 1.94. The van der Waals surface area contributed by atoms with Crippen molar-refractivity contribution in [3.8, 4) is 6.07 Å². The molecule has 2 rings (SSSR count). The lowest BCUT2D eigenvalue weighted by Crippen LogP contribution is -2.45. The molecule has 8 nitrogen and oxygen atoms in total. The summed E-state index contributed by atoms with van der Waals surface area (Å²) in [6, 6.07) is 4.36. The maximum Gasteiger partial charge on any atom is 0.378 e. The number of nitrogens with two attached hydrogens (primary N) is 1. The molecule has 1 aromatic carbocycles. The van der Waals surface area contributed by atoms with Gasteiger partial charge in [0.25, 0.3) is 11.2 Å². The Bertz CT molecular complexity index is 746. The van der Waals surface area contributed by atoms with Gasteiger partial charge in [-0.25, -0.2) is 0 Å². The molecule has 0 atom stereocenters. The van der Waals surface area contributed by atoms with Crippen molar-refractivity contribution < 1.29 is 19.3 Å². The summed E-state index contributed by atoms with van der Waals surface area (Å²) < 4.78 is 1.30. The number of carbonyl (C=O) groups excluding carboxylic acids is 1. The van der Waals surface area contributed by atoms with E-state index < -0.39 is 10.8 Å². The summed E-state index contributed by atoms with van der Waals surface area (Å²) in [6.07, 6.45) is 0. The highest BCUT2D eigenvalue weighted by Gasteiger charge is 2.32. The van der Waals surface area contributed by atoms with Gasteiger partial charge in [-0.1, -0.05) is 0 Å². The average molecular weight is 279 g/mol. The number of fused-ring (bicyclic) bond motifs is 1. The van der Waals surface area contributed by atoms with Crippen LogP contribution in [0.3, 0.4) is 0 Å². The topological polar surface area (TPSA) is 123 Å². The van der Waals surface area contributed by atoms with Gasteiger partial charge in [0.15, 0.2) is 4.70 Å². The smallest absolute Gasteiger partial charge is 0.359 e. The molecule has 0 unspecified atom stereocenters. The Kier molecular flexibility index (Phi) is 3.02. The molecule has 96 valence electrons. The average Bonchev–Trinajstić information content (AvgIpc) is 2.75. The van der Waals surface area contributed by atoms with E-state index in [1.807, 2.05) is 6.07 Å².